The third kappa shape index (κ3) is 2.36. The summed E-state index contributed by atoms with van der Waals surface area (Å²) >= 11 is 0. The van der Waals surface area contributed by atoms with Crippen molar-refractivity contribution in [2.75, 3.05) is 18.0 Å². The number of aromatic nitrogens is 1. The molecule has 1 N–H and O–H groups in total. The number of nitrogens with zero attached hydrogens (tertiary/aromatic N) is 3. The number of rotatable bonds is 2. The summed E-state index contributed by atoms with van der Waals surface area (Å²) in [7, 11) is 0. The van der Waals surface area contributed by atoms with E-state index in [1.807, 2.05) is 4.90 Å². The Bertz CT molecular complexity index is 467. The molecule has 0 bridgehead atoms. The molecule has 1 fully saturated rings. The van der Waals surface area contributed by atoms with Gasteiger partial charge in [0, 0.05) is 19.3 Å². The van der Waals surface area contributed by atoms with Gasteiger partial charge in [0.15, 0.2) is 0 Å². The van der Waals surface area contributed by atoms with E-state index in [0.29, 0.717) is 24.3 Å². The van der Waals surface area contributed by atoms with Crippen molar-refractivity contribution in [1.82, 2.24) is 4.98 Å². The molecule has 1 aliphatic heterocycles. The fraction of sp³-hybridized carbons (Fsp3) is 0.417. The number of nitriles is 1. The second kappa shape index (κ2) is 4.83. The van der Waals surface area contributed by atoms with Crippen molar-refractivity contribution in [3.8, 4) is 6.07 Å². The van der Waals surface area contributed by atoms with E-state index < -0.39 is 5.97 Å². The van der Waals surface area contributed by atoms with E-state index in [0.717, 1.165) is 13.0 Å². The van der Waals surface area contributed by atoms with Crippen molar-refractivity contribution in [2.24, 2.45) is 5.92 Å². The fourth-order valence-corrected chi connectivity index (χ4v) is 2.11. The average molecular weight is 231 g/mol. The number of piperidine rings is 1. The Morgan fingerprint density at radius 1 is 1.65 bits per heavy atom. The quantitative estimate of drug-likeness (QED) is 0.829. The minimum Gasteiger partial charge on any atom is -0.481 e. The van der Waals surface area contributed by atoms with Gasteiger partial charge in [0.1, 0.15) is 11.9 Å². The van der Waals surface area contributed by atoms with Crippen LogP contribution in [0, 0.1) is 17.2 Å². The van der Waals surface area contributed by atoms with Crippen molar-refractivity contribution in [3.63, 3.8) is 0 Å². The zero-order valence-corrected chi connectivity index (χ0v) is 9.33. The first-order chi connectivity index (χ1) is 8.22. The van der Waals surface area contributed by atoms with Gasteiger partial charge in [0.25, 0.3) is 0 Å². The maximum Gasteiger partial charge on any atom is 0.308 e. The average Bonchev–Trinajstić information content (AvgIpc) is 2.39. The molecule has 0 unspecified atom stereocenters. The largest absolute Gasteiger partial charge is 0.481 e. The van der Waals surface area contributed by atoms with Crippen LogP contribution in [0.3, 0.4) is 0 Å². The molecule has 1 aromatic rings. The molecule has 5 heteroatoms. The Morgan fingerprint density at radius 3 is 3.18 bits per heavy atom. The minimum absolute atomic E-state index is 0.364. The molecule has 88 valence electrons. The standard InChI is InChI=1S/C12H13N3O2/c13-7-9-3-1-5-14-11(9)15-6-2-4-10(8-15)12(16)17/h1,3,5,10H,2,4,6,8H2,(H,16,17)/t10-/m0/s1. The summed E-state index contributed by atoms with van der Waals surface area (Å²) in [5, 5.41) is 18.0. The molecule has 1 aliphatic rings. The topological polar surface area (TPSA) is 77.2 Å². The molecule has 1 atom stereocenters. The number of carboxylic acid groups (broad SMARTS) is 1. The van der Waals surface area contributed by atoms with Gasteiger partial charge in [-0.1, -0.05) is 0 Å². The van der Waals surface area contributed by atoms with Crippen molar-refractivity contribution in [3.05, 3.63) is 23.9 Å². The summed E-state index contributed by atoms with van der Waals surface area (Å²) in [4.78, 5) is 17.0. The maximum absolute atomic E-state index is 11.0. The molecule has 0 saturated carbocycles. The summed E-state index contributed by atoms with van der Waals surface area (Å²) in [6.45, 7) is 1.19. The first-order valence-electron chi connectivity index (χ1n) is 5.55. The summed E-state index contributed by atoms with van der Waals surface area (Å²) in [5.41, 5.74) is 0.499. The molecular weight excluding hydrogens is 218 g/mol. The second-order valence-electron chi connectivity index (χ2n) is 4.11. The van der Waals surface area contributed by atoms with Crippen LogP contribution in [-0.4, -0.2) is 29.1 Å². The first-order valence-corrected chi connectivity index (χ1v) is 5.55. The van der Waals surface area contributed by atoms with E-state index >= 15 is 0 Å². The highest BCUT2D eigenvalue weighted by molar-refractivity contribution is 5.71. The Balaban J connectivity index is 2.22. The van der Waals surface area contributed by atoms with Crippen LogP contribution in [0.15, 0.2) is 18.3 Å². The van der Waals surface area contributed by atoms with Gasteiger partial charge in [-0.15, -0.1) is 0 Å². The molecule has 0 aliphatic carbocycles. The minimum atomic E-state index is -0.774. The zero-order chi connectivity index (χ0) is 12.3. The third-order valence-electron chi connectivity index (χ3n) is 2.98. The van der Waals surface area contributed by atoms with Crippen molar-refractivity contribution >= 4 is 11.8 Å². The summed E-state index contributed by atoms with van der Waals surface area (Å²) < 4.78 is 0. The van der Waals surface area contributed by atoms with E-state index in [-0.39, 0.29) is 5.92 Å². The molecule has 1 aromatic heterocycles. The lowest BCUT2D eigenvalue weighted by Gasteiger charge is -2.31. The molecule has 0 aromatic carbocycles. The van der Waals surface area contributed by atoms with Crippen molar-refractivity contribution in [2.45, 2.75) is 12.8 Å². The van der Waals surface area contributed by atoms with E-state index in [9.17, 15) is 4.79 Å². The number of hydrogen-bond donors (Lipinski definition) is 1. The normalized spacial score (nSPS) is 19.7. The van der Waals surface area contributed by atoms with Crippen LogP contribution in [0.4, 0.5) is 5.82 Å². The van der Waals surface area contributed by atoms with Crippen LogP contribution in [0.25, 0.3) is 0 Å². The molecule has 0 spiro atoms. The fourth-order valence-electron chi connectivity index (χ4n) is 2.11. The molecular formula is C12H13N3O2. The number of aliphatic carboxylic acids is 1. The van der Waals surface area contributed by atoms with E-state index in [1.54, 1.807) is 18.3 Å². The van der Waals surface area contributed by atoms with Gasteiger partial charge in [-0.3, -0.25) is 4.79 Å². The maximum atomic E-state index is 11.0. The van der Waals surface area contributed by atoms with Gasteiger partial charge in [-0.2, -0.15) is 5.26 Å². The first kappa shape index (κ1) is 11.4. The Hall–Kier alpha value is -2.09. The molecule has 5 nitrogen and oxygen atoms in total. The molecule has 17 heavy (non-hydrogen) atoms. The van der Waals surface area contributed by atoms with Crippen LogP contribution in [0.2, 0.25) is 0 Å². The lowest BCUT2D eigenvalue weighted by atomic mass is 9.98. The van der Waals surface area contributed by atoms with E-state index in [2.05, 4.69) is 11.1 Å². The van der Waals surface area contributed by atoms with Crippen LogP contribution in [0.5, 0.6) is 0 Å². The predicted molar refractivity (Wildman–Crippen MR) is 61.5 cm³/mol. The SMILES string of the molecule is N#Cc1cccnc1N1CCC[C@H](C(=O)O)C1. The predicted octanol–water partition coefficient (Wildman–Crippen LogP) is 1.25. The highest BCUT2D eigenvalue weighted by Gasteiger charge is 2.27. The smallest absolute Gasteiger partial charge is 0.308 e. The number of carboxylic acids is 1. The monoisotopic (exact) mass is 231 g/mol. The lowest BCUT2D eigenvalue weighted by Crippen LogP contribution is -2.39. The Kier molecular flexibility index (Phi) is 3.24. The summed E-state index contributed by atoms with van der Waals surface area (Å²) in [6, 6.07) is 5.50. The van der Waals surface area contributed by atoms with Gasteiger partial charge in [-0.05, 0) is 25.0 Å². The third-order valence-corrected chi connectivity index (χ3v) is 2.98. The molecule has 2 heterocycles. The molecule has 1 saturated heterocycles. The summed E-state index contributed by atoms with van der Waals surface area (Å²) in [6.07, 6.45) is 3.14. The van der Waals surface area contributed by atoms with Crippen LogP contribution in [-0.2, 0) is 4.79 Å². The Morgan fingerprint density at radius 2 is 2.47 bits per heavy atom. The van der Waals surface area contributed by atoms with Gasteiger partial charge < -0.3 is 10.0 Å². The van der Waals surface area contributed by atoms with Crippen LogP contribution < -0.4 is 4.90 Å². The molecule has 0 radical (unpaired) electrons. The van der Waals surface area contributed by atoms with Gasteiger partial charge in [0.2, 0.25) is 0 Å². The van der Waals surface area contributed by atoms with Crippen molar-refractivity contribution in [1.29, 1.82) is 5.26 Å². The molecule has 0 amide bonds. The van der Waals surface area contributed by atoms with Crippen LogP contribution in [0.1, 0.15) is 18.4 Å². The van der Waals surface area contributed by atoms with Gasteiger partial charge >= 0.3 is 5.97 Å². The zero-order valence-electron chi connectivity index (χ0n) is 9.33. The number of pyridine rings is 1. The van der Waals surface area contributed by atoms with E-state index in [4.69, 9.17) is 10.4 Å². The number of hydrogen-bond acceptors (Lipinski definition) is 4. The van der Waals surface area contributed by atoms with Crippen LogP contribution >= 0.6 is 0 Å². The van der Waals surface area contributed by atoms with Crippen molar-refractivity contribution < 1.29 is 9.90 Å². The lowest BCUT2D eigenvalue weighted by molar-refractivity contribution is -0.141. The second-order valence-corrected chi connectivity index (χ2v) is 4.11. The molecule has 2 rings (SSSR count). The highest BCUT2D eigenvalue weighted by Crippen LogP contribution is 2.24. The van der Waals surface area contributed by atoms with Gasteiger partial charge in [-0.25, -0.2) is 4.98 Å². The van der Waals surface area contributed by atoms with Gasteiger partial charge in [0.05, 0.1) is 11.5 Å². The van der Waals surface area contributed by atoms with E-state index in [1.165, 1.54) is 0 Å². The Labute approximate surface area is 99.3 Å². The number of anilines is 1. The number of carbonyl (C=O) groups is 1. The summed E-state index contributed by atoms with van der Waals surface area (Å²) in [5.74, 6) is -0.539. The highest BCUT2D eigenvalue weighted by atomic mass is 16.4.